The van der Waals surface area contributed by atoms with Gasteiger partial charge in [0.1, 0.15) is 17.5 Å². The predicted molar refractivity (Wildman–Crippen MR) is 115 cm³/mol. The summed E-state index contributed by atoms with van der Waals surface area (Å²) in [5.41, 5.74) is 1.05. The van der Waals surface area contributed by atoms with Gasteiger partial charge in [0.25, 0.3) is 6.43 Å². The molecule has 31 heavy (non-hydrogen) atoms. The van der Waals surface area contributed by atoms with Gasteiger partial charge in [0.05, 0.1) is 28.9 Å². The molecule has 0 radical (unpaired) electrons. The number of pyridine rings is 1. The van der Waals surface area contributed by atoms with Crippen molar-refractivity contribution in [3.8, 4) is 0 Å². The van der Waals surface area contributed by atoms with Crippen molar-refractivity contribution in [2.75, 3.05) is 43.4 Å². The Morgan fingerprint density at radius 3 is 2.48 bits per heavy atom. The fourth-order valence-electron chi connectivity index (χ4n) is 3.81. The Bertz CT molecular complexity index is 1080. The van der Waals surface area contributed by atoms with Crippen LogP contribution in [0, 0.1) is 12.7 Å². The number of aromatic nitrogens is 3. The Kier molecular flexibility index (Phi) is 5.95. The number of aryl methyl sites for hydroxylation is 1. The maximum Gasteiger partial charge on any atom is 0.266 e. The molecule has 1 aliphatic heterocycles. The first-order valence-corrected chi connectivity index (χ1v) is 10.2. The highest BCUT2D eigenvalue weighted by atomic mass is 19.3. The second-order valence-electron chi connectivity index (χ2n) is 7.89. The molecule has 9 heteroatoms. The minimum absolute atomic E-state index is 0.158. The van der Waals surface area contributed by atoms with Crippen LogP contribution in [0.4, 0.5) is 24.7 Å². The molecule has 2 aromatic heterocycles. The number of rotatable bonds is 5. The third-order valence-electron chi connectivity index (χ3n) is 5.63. The van der Waals surface area contributed by atoms with Crippen LogP contribution in [0.1, 0.15) is 36.3 Å². The van der Waals surface area contributed by atoms with Gasteiger partial charge in [-0.05, 0) is 27.0 Å². The number of anilines is 2. The third kappa shape index (κ3) is 4.41. The number of fused-ring (bicyclic) bond motifs is 1. The first-order valence-electron chi connectivity index (χ1n) is 10.2. The maximum atomic E-state index is 14.6. The average Bonchev–Trinajstić information content (AvgIpc) is 2.74. The predicted octanol–water partition coefficient (Wildman–Crippen LogP) is 4.33. The van der Waals surface area contributed by atoms with E-state index in [0.717, 1.165) is 37.9 Å². The lowest BCUT2D eigenvalue weighted by molar-refractivity contribution is 0.146. The Labute approximate surface area is 179 Å². The van der Waals surface area contributed by atoms with E-state index < -0.39 is 23.8 Å². The molecule has 3 heterocycles. The Hall–Kier alpha value is -2.94. The lowest BCUT2D eigenvalue weighted by Gasteiger charge is -2.33. The van der Waals surface area contributed by atoms with Gasteiger partial charge in [0, 0.05) is 31.7 Å². The largest absolute Gasteiger partial charge is 0.368 e. The lowest BCUT2D eigenvalue weighted by Crippen LogP contribution is -2.44. The number of hydrogen-bond donors (Lipinski definition) is 1. The zero-order valence-electron chi connectivity index (χ0n) is 17.7. The molecule has 6 nitrogen and oxygen atoms in total. The van der Waals surface area contributed by atoms with Crippen LogP contribution in [0.25, 0.3) is 11.0 Å². The molecule has 3 aromatic rings. The molecule has 1 aromatic carbocycles. The third-order valence-corrected chi connectivity index (χ3v) is 5.63. The van der Waals surface area contributed by atoms with E-state index in [0.29, 0.717) is 22.7 Å². The molecule has 1 aliphatic rings. The first-order chi connectivity index (χ1) is 14.8. The van der Waals surface area contributed by atoms with Gasteiger partial charge in [-0.25, -0.2) is 28.1 Å². The van der Waals surface area contributed by atoms with E-state index in [9.17, 15) is 13.2 Å². The molecule has 0 unspecified atom stereocenters. The molecule has 1 N–H and O–H groups in total. The van der Waals surface area contributed by atoms with E-state index in [2.05, 4.69) is 37.1 Å². The van der Waals surface area contributed by atoms with E-state index in [-0.39, 0.29) is 5.56 Å². The van der Waals surface area contributed by atoms with Crippen molar-refractivity contribution in [3.63, 3.8) is 0 Å². The van der Waals surface area contributed by atoms with Gasteiger partial charge in [0.2, 0.25) is 0 Å². The summed E-state index contributed by atoms with van der Waals surface area (Å²) in [5.74, 6) is 0.119. The fourth-order valence-corrected chi connectivity index (χ4v) is 3.81. The van der Waals surface area contributed by atoms with E-state index in [1.54, 1.807) is 20.0 Å². The molecule has 1 atom stereocenters. The zero-order valence-corrected chi connectivity index (χ0v) is 17.7. The molecule has 1 saturated heterocycles. The van der Waals surface area contributed by atoms with Gasteiger partial charge in [-0.1, -0.05) is 18.2 Å². The summed E-state index contributed by atoms with van der Waals surface area (Å²) < 4.78 is 40.8. The quantitative estimate of drug-likeness (QED) is 0.650. The summed E-state index contributed by atoms with van der Waals surface area (Å²) in [7, 11) is 2.10. The smallest absolute Gasteiger partial charge is 0.266 e. The summed E-state index contributed by atoms with van der Waals surface area (Å²) in [4.78, 5) is 17.9. The van der Waals surface area contributed by atoms with Crippen LogP contribution in [0.2, 0.25) is 0 Å². The summed E-state index contributed by atoms with van der Waals surface area (Å²) >= 11 is 0. The number of piperazine rings is 1. The monoisotopic (exact) mass is 430 g/mol. The number of likely N-dealkylation sites (N-methyl/N-ethyl adjacent to an activating group) is 1. The first kappa shape index (κ1) is 21.3. The molecule has 164 valence electrons. The molecule has 0 aliphatic carbocycles. The van der Waals surface area contributed by atoms with Crippen LogP contribution in [-0.4, -0.2) is 53.1 Å². The maximum absolute atomic E-state index is 14.6. The normalized spacial score (nSPS) is 16.2. The summed E-state index contributed by atoms with van der Waals surface area (Å²) in [5, 5.41) is 3.89. The Morgan fingerprint density at radius 2 is 1.77 bits per heavy atom. The van der Waals surface area contributed by atoms with Crippen molar-refractivity contribution in [2.24, 2.45) is 0 Å². The molecule has 1 fully saturated rings. The van der Waals surface area contributed by atoms with Crippen LogP contribution in [0.3, 0.4) is 0 Å². The summed E-state index contributed by atoms with van der Waals surface area (Å²) in [6.07, 6.45) is -1.07. The highest BCUT2D eigenvalue weighted by Crippen LogP contribution is 2.31. The number of halogens is 3. The molecule has 0 spiro atoms. The van der Waals surface area contributed by atoms with Gasteiger partial charge in [-0.15, -0.1) is 0 Å². The van der Waals surface area contributed by atoms with Crippen LogP contribution in [0.5, 0.6) is 0 Å². The SMILES string of the molecule is Cc1nc(N[C@H](C)c2cccc(C(F)F)c2F)c2cc(N3CCN(C)CC3)cnc2n1. The lowest BCUT2D eigenvalue weighted by atomic mass is 10.0. The van der Waals surface area contributed by atoms with Crippen LogP contribution < -0.4 is 10.2 Å². The number of nitrogens with zero attached hydrogens (tertiary/aromatic N) is 5. The molecular formula is C22H25F3N6. The second-order valence-corrected chi connectivity index (χ2v) is 7.89. The topological polar surface area (TPSA) is 57.2 Å². The van der Waals surface area contributed by atoms with Crippen molar-refractivity contribution in [2.45, 2.75) is 26.3 Å². The summed E-state index contributed by atoms with van der Waals surface area (Å²) in [6, 6.07) is 5.45. The Balaban J connectivity index is 1.68. The number of alkyl halides is 2. The minimum Gasteiger partial charge on any atom is -0.368 e. The Morgan fingerprint density at radius 1 is 1.06 bits per heavy atom. The van der Waals surface area contributed by atoms with E-state index in [1.807, 2.05) is 6.07 Å². The summed E-state index contributed by atoms with van der Waals surface area (Å²) in [6.45, 7) is 7.18. The van der Waals surface area contributed by atoms with Gasteiger partial charge >= 0.3 is 0 Å². The molecule has 4 rings (SSSR count). The highest BCUT2D eigenvalue weighted by Gasteiger charge is 2.21. The van der Waals surface area contributed by atoms with Gasteiger partial charge in [-0.2, -0.15) is 0 Å². The number of hydrogen-bond acceptors (Lipinski definition) is 6. The molecule has 0 bridgehead atoms. The minimum atomic E-state index is -2.87. The highest BCUT2D eigenvalue weighted by molar-refractivity contribution is 5.89. The standard InChI is InChI=1S/C22H25F3N6/c1-13(16-5-4-6-17(19(16)23)20(24)25)27-22-18-11-15(31-9-7-30(3)8-10-31)12-26-21(18)28-14(2)29-22/h4-6,11-13,20H,7-10H2,1-3H3,(H,26,27,28,29)/t13-/m1/s1. The van der Waals surface area contributed by atoms with E-state index in [1.165, 1.54) is 12.1 Å². The molecule has 0 saturated carbocycles. The average molecular weight is 430 g/mol. The van der Waals surface area contributed by atoms with Gasteiger partial charge in [0.15, 0.2) is 5.65 Å². The van der Waals surface area contributed by atoms with Crippen LogP contribution >= 0.6 is 0 Å². The van der Waals surface area contributed by atoms with E-state index in [4.69, 9.17) is 0 Å². The van der Waals surface area contributed by atoms with Crippen molar-refractivity contribution in [3.05, 3.63) is 53.2 Å². The van der Waals surface area contributed by atoms with Crippen LogP contribution in [-0.2, 0) is 0 Å². The van der Waals surface area contributed by atoms with Crippen LogP contribution in [0.15, 0.2) is 30.5 Å². The molecular weight excluding hydrogens is 405 g/mol. The van der Waals surface area contributed by atoms with Crippen molar-refractivity contribution >= 4 is 22.5 Å². The zero-order chi connectivity index (χ0) is 22.1. The van der Waals surface area contributed by atoms with E-state index >= 15 is 0 Å². The number of benzene rings is 1. The van der Waals surface area contributed by atoms with Crippen molar-refractivity contribution < 1.29 is 13.2 Å². The van der Waals surface area contributed by atoms with Crippen molar-refractivity contribution in [1.29, 1.82) is 0 Å². The van der Waals surface area contributed by atoms with Crippen molar-refractivity contribution in [1.82, 2.24) is 19.9 Å². The molecule has 0 amide bonds. The van der Waals surface area contributed by atoms with Gasteiger partial charge < -0.3 is 15.1 Å². The fraction of sp³-hybridized carbons (Fsp3) is 0.409. The van der Waals surface area contributed by atoms with Gasteiger partial charge in [-0.3, -0.25) is 0 Å². The second kappa shape index (κ2) is 8.66. The number of nitrogens with one attached hydrogen (secondary N) is 1.